The van der Waals surface area contributed by atoms with E-state index in [4.69, 9.17) is 10.1 Å². The molecule has 3 rings (SSSR count). The van der Waals surface area contributed by atoms with Crippen molar-refractivity contribution in [2.75, 3.05) is 12.4 Å². The maximum atomic E-state index is 10.00. The van der Waals surface area contributed by atoms with Gasteiger partial charge in [0.15, 0.2) is 0 Å². The summed E-state index contributed by atoms with van der Waals surface area (Å²) in [5, 5.41) is 21.3. The first-order valence-electron chi connectivity index (χ1n) is 10.5. The minimum absolute atomic E-state index is 0.231. The fraction of sp³-hybridized carbons (Fsp3) is 0.148. The zero-order chi connectivity index (χ0) is 24.1. The molecular formula is C27H29N3O3. The summed E-state index contributed by atoms with van der Waals surface area (Å²) < 4.78 is 0. The van der Waals surface area contributed by atoms with Crippen LogP contribution in [0.5, 0.6) is 11.5 Å². The van der Waals surface area contributed by atoms with E-state index in [1.165, 1.54) is 0 Å². The zero-order valence-electron chi connectivity index (χ0n) is 18.9. The molecule has 170 valence electrons. The van der Waals surface area contributed by atoms with Crippen molar-refractivity contribution >= 4 is 12.1 Å². The van der Waals surface area contributed by atoms with E-state index in [1.54, 1.807) is 48.7 Å². The predicted molar refractivity (Wildman–Crippen MR) is 133 cm³/mol. The van der Waals surface area contributed by atoms with Crippen LogP contribution >= 0.6 is 0 Å². The van der Waals surface area contributed by atoms with Gasteiger partial charge in [0.05, 0.1) is 17.6 Å². The number of aromatic nitrogens is 2. The molecule has 0 amide bonds. The molecule has 0 aliphatic rings. The lowest BCUT2D eigenvalue weighted by atomic mass is 10.1. The lowest BCUT2D eigenvalue weighted by molar-refractivity contribution is -0.107. The number of aromatic hydroxyl groups is 2. The first kappa shape index (κ1) is 25.1. The second-order valence-electron chi connectivity index (χ2n) is 7.04. The van der Waals surface area contributed by atoms with Crippen molar-refractivity contribution in [3.8, 4) is 22.8 Å². The van der Waals surface area contributed by atoms with E-state index in [9.17, 15) is 9.90 Å². The highest BCUT2D eigenvalue weighted by atomic mass is 16.3. The van der Waals surface area contributed by atoms with Gasteiger partial charge < -0.3 is 20.3 Å². The van der Waals surface area contributed by atoms with Crippen LogP contribution in [0.1, 0.15) is 18.2 Å². The number of nitrogens with one attached hydrogen (secondary N) is 1. The Balaban J connectivity index is 0.000000321. The van der Waals surface area contributed by atoms with Crippen LogP contribution in [0.3, 0.4) is 0 Å². The van der Waals surface area contributed by atoms with Crippen molar-refractivity contribution in [1.29, 1.82) is 0 Å². The van der Waals surface area contributed by atoms with E-state index in [-0.39, 0.29) is 11.5 Å². The number of aldehydes is 1. The maximum absolute atomic E-state index is 10.00. The monoisotopic (exact) mass is 443 g/mol. The van der Waals surface area contributed by atoms with E-state index in [1.807, 2.05) is 44.3 Å². The molecule has 2 aromatic carbocycles. The summed E-state index contributed by atoms with van der Waals surface area (Å²) in [6, 6.07) is 13.5. The van der Waals surface area contributed by atoms with Crippen LogP contribution < -0.4 is 5.32 Å². The molecule has 0 bridgehead atoms. The first-order valence-corrected chi connectivity index (χ1v) is 10.5. The molecule has 0 radical (unpaired) electrons. The van der Waals surface area contributed by atoms with Crippen LogP contribution in [-0.2, 0) is 17.6 Å². The first-order chi connectivity index (χ1) is 16.0. The Morgan fingerprint density at radius 3 is 2.24 bits per heavy atom. The van der Waals surface area contributed by atoms with Crippen LogP contribution in [0, 0.1) is 0 Å². The number of allylic oxidation sites excluding steroid dienone is 5. The summed E-state index contributed by atoms with van der Waals surface area (Å²) in [4.78, 5) is 19.2. The quantitative estimate of drug-likeness (QED) is 0.325. The average Bonchev–Trinajstić information content (AvgIpc) is 2.82. The minimum Gasteiger partial charge on any atom is -0.508 e. The molecule has 6 nitrogen and oxygen atoms in total. The average molecular weight is 444 g/mol. The fourth-order valence-corrected chi connectivity index (χ4v) is 2.99. The standard InChI is InChI=1S/C19H21N3O.C8H8O2/c1-4-6-14(7-5-2)12-17-19(20-3)21-13-18(22-17)15-8-10-16(23)11-9-15;9-6-5-7-1-3-8(10)4-2-7/h4-11,13,23H,1,12H2,2-3H3,(H,20,21);1-4,6,10H,5H2/b7-5-,14-6+;. The van der Waals surface area contributed by atoms with Gasteiger partial charge in [0.1, 0.15) is 23.6 Å². The van der Waals surface area contributed by atoms with E-state index in [0.717, 1.165) is 40.2 Å². The third-order valence-electron chi connectivity index (χ3n) is 4.58. The van der Waals surface area contributed by atoms with Crippen molar-refractivity contribution in [2.24, 2.45) is 0 Å². The Labute approximate surface area is 194 Å². The van der Waals surface area contributed by atoms with Crippen LogP contribution in [0.15, 0.2) is 91.2 Å². The molecule has 0 saturated carbocycles. The number of hydrogen-bond donors (Lipinski definition) is 3. The number of hydrogen-bond acceptors (Lipinski definition) is 6. The van der Waals surface area contributed by atoms with E-state index >= 15 is 0 Å². The second-order valence-corrected chi connectivity index (χ2v) is 7.04. The number of carbonyl (C=O) groups excluding carboxylic acids is 1. The smallest absolute Gasteiger partial charge is 0.147 e. The van der Waals surface area contributed by atoms with Crippen LogP contribution in [0.25, 0.3) is 11.3 Å². The SMILES string of the molecule is C=C/C=C(\C=C/C)Cc1nc(-c2ccc(O)cc2)cnc1NC.O=CCc1ccc(O)cc1. The number of rotatable bonds is 8. The maximum Gasteiger partial charge on any atom is 0.147 e. The van der Waals surface area contributed by atoms with Crippen LogP contribution in [-0.4, -0.2) is 33.5 Å². The predicted octanol–water partition coefficient (Wildman–Crippen LogP) is 5.26. The lowest BCUT2D eigenvalue weighted by Gasteiger charge is -2.10. The van der Waals surface area contributed by atoms with Crippen LogP contribution in [0.4, 0.5) is 5.82 Å². The summed E-state index contributed by atoms with van der Waals surface area (Å²) >= 11 is 0. The van der Waals surface area contributed by atoms with Gasteiger partial charge in [0.25, 0.3) is 0 Å². The molecule has 0 atom stereocenters. The molecular weight excluding hydrogens is 414 g/mol. The molecule has 1 heterocycles. The Morgan fingerprint density at radius 1 is 1.06 bits per heavy atom. The highest BCUT2D eigenvalue weighted by molar-refractivity contribution is 5.61. The summed E-state index contributed by atoms with van der Waals surface area (Å²) in [6.45, 7) is 5.74. The second kappa shape index (κ2) is 13.3. The van der Waals surface area contributed by atoms with Crippen molar-refractivity contribution in [1.82, 2.24) is 9.97 Å². The Bertz CT molecular complexity index is 1100. The topological polar surface area (TPSA) is 95.3 Å². The molecule has 3 aromatic rings. The minimum atomic E-state index is 0.231. The van der Waals surface area contributed by atoms with E-state index < -0.39 is 0 Å². The molecule has 0 fully saturated rings. The summed E-state index contributed by atoms with van der Waals surface area (Å²) in [5.41, 5.74) is 4.59. The van der Waals surface area contributed by atoms with Gasteiger partial charge in [-0.3, -0.25) is 0 Å². The highest BCUT2D eigenvalue weighted by Crippen LogP contribution is 2.23. The molecule has 0 saturated heterocycles. The fourth-order valence-electron chi connectivity index (χ4n) is 2.99. The van der Waals surface area contributed by atoms with Gasteiger partial charge in [-0.1, -0.05) is 43.0 Å². The Hall–Kier alpha value is -4.19. The Morgan fingerprint density at radius 2 is 1.70 bits per heavy atom. The van der Waals surface area contributed by atoms with Gasteiger partial charge in [-0.2, -0.15) is 0 Å². The number of benzene rings is 2. The van der Waals surface area contributed by atoms with Gasteiger partial charge >= 0.3 is 0 Å². The largest absolute Gasteiger partial charge is 0.508 e. The molecule has 1 aromatic heterocycles. The van der Waals surface area contributed by atoms with Crippen molar-refractivity contribution < 1.29 is 15.0 Å². The summed E-state index contributed by atoms with van der Waals surface area (Å²) in [7, 11) is 1.83. The third-order valence-corrected chi connectivity index (χ3v) is 4.58. The molecule has 3 N–H and O–H groups in total. The van der Waals surface area contributed by atoms with Crippen molar-refractivity contribution in [3.05, 3.63) is 102 Å². The molecule has 33 heavy (non-hydrogen) atoms. The Kier molecular flexibility index (Phi) is 10.1. The normalized spacial score (nSPS) is 10.9. The third kappa shape index (κ3) is 8.10. The summed E-state index contributed by atoms with van der Waals surface area (Å²) in [5.74, 6) is 1.22. The van der Waals surface area contributed by atoms with Gasteiger partial charge in [-0.15, -0.1) is 0 Å². The van der Waals surface area contributed by atoms with Crippen molar-refractivity contribution in [2.45, 2.75) is 19.8 Å². The van der Waals surface area contributed by atoms with E-state index in [0.29, 0.717) is 12.8 Å². The molecule has 0 aliphatic carbocycles. The van der Waals surface area contributed by atoms with Gasteiger partial charge in [0.2, 0.25) is 0 Å². The lowest BCUT2D eigenvalue weighted by Crippen LogP contribution is -2.04. The number of carbonyl (C=O) groups is 1. The van der Waals surface area contributed by atoms with Gasteiger partial charge in [0, 0.05) is 25.5 Å². The molecule has 0 aliphatic heterocycles. The number of anilines is 1. The highest BCUT2D eigenvalue weighted by Gasteiger charge is 2.09. The number of phenolic OH excluding ortho intramolecular Hbond substituents is 2. The van der Waals surface area contributed by atoms with Gasteiger partial charge in [-0.05, 0) is 54.5 Å². The van der Waals surface area contributed by atoms with Crippen molar-refractivity contribution in [3.63, 3.8) is 0 Å². The van der Waals surface area contributed by atoms with E-state index in [2.05, 4.69) is 16.9 Å². The zero-order valence-corrected chi connectivity index (χ0v) is 18.9. The van der Waals surface area contributed by atoms with Crippen LogP contribution in [0.2, 0.25) is 0 Å². The van der Waals surface area contributed by atoms with Gasteiger partial charge in [-0.25, -0.2) is 9.97 Å². The molecule has 6 heteroatoms. The summed E-state index contributed by atoms with van der Waals surface area (Å²) in [6.07, 6.45) is 11.4. The molecule has 0 spiro atoms. The molecule has 0 unspecified atom stereocenters. The number of nitrogens with zero attached hydrogens (tertiary/aromatic N) is 2. The number of phenols is 2.